The van der Waals surface area contributed by atoms with Crippen molar-refractivity contribution in [3.05, 3.63) is 74.7 Å². The highest BCUT2D eigenvalue weighted by Crippen LogP contribution is 2.32. The van der Waals surface area contributed by atoms with Gasteiger partial charge in [0.1, 0.15) is 5.82 Å². The van der Waals surface area contributed by atoms with Crippen LogP contribution < -0.4 is 20.7 Å². The van der Waals surface area contributed by atoms with Crippen LogP contribution in [-0.4, -0.2) is 40.2 Å². The number of benzene rings is 2. The van der Waals surface area contributed by atoms with Gasteiger partial charge in [0.25, 0.3) is 5.56 Å². The summed E-state index contributed by atoms with van der Waals surface area (Å²) in [5, 5.41) is 0.134. The number of H-pyrrole nitrogens is 1. The number of aromatic amines is 1. The van der Waals surface area contributed by atoms with Crippen LogP contribution in [0.15, 0.2) is 52.1 Å². The van der Waals surface area contributed by atoms with E-state index in [1.54, 1.807) is 23.1 Å². The van der Waals surface area contributed by atoms with E-state index in [0.717, 1.165) is 16.2 Å². The van der Waals surface area contributed by atoms with Crippen molar-refractivity contribution in [1.82, 2.24) is 14.5 Å². The Morgan fingerprint density at radius 2 is 1.84 bits per heavy atom. The van der Waals surface area contributed by atoms with E-state index in [-0.39, 0.29) is 24.1 Å². The summed E-state index contributed by atoms with van der Waals surface area (Å²) in [4.78, 5) is 42.2. The number of fused-ring (bicyclic) bond motifs is 2. The predicted molar refractivity (Wildman–Crippen MR) is 115 cm³/mol. The Hall–Kier alpha value is -3.88. The molecule has 3 heterocycles. The summed E-state index contributed by atoms with van der Waals surface area (Å²) in [5.41, 5.74) is 0.0789. The fourth-order valence-electron chi connectivity index (χ4n) is 4.17. The topological polar surface area (TPSA) is 93.6 Å². The van der Waals surface area contributed by atoms with Crippen LogP contribution in [0.25, 0.3) is 17.0 Å². The molecule has 0 spiro atoms. The highest BCUT2D eigenvalue weighted by atomic mass is 19.1. The number of aromatic nitrogens is 2. The quantitative estimate of drug-likeness (QED) is 0.636. The number of carbonyl (C=O) groups excluding carboxylic acids is 1. The molecule has 5 rings (SSSR count). The van der Waals surface area contributed by atoms with Gasteiger partial charge >= 0.3 is 5.69 Å². The minimum absolute atomic E-state index is 0.134. The molecule has 0 aliphatic carbocycles. The summed E-state index contributed by atoms with van der Waals surface area (Å²) < 4.78 is 25.4. The van der Waals surface area contributed by atoms with Gasteiger partial charge < -0.3 is 19.4 Å². The molecule has 0 saturated carbocycles. The lowest BCUT2D eigenvalue weighted by Gasteiger charge is -2.31. The number of hydrogen-bond donors (Lipinski definition) is 1. The molecular weight excluding hydrogens is 417 g/mol. The number of rotatable bonds is 3. The third-order valence-corrected chi connectivity index (χ3v) is 5.85. The van der Waals surface area contributed by atoms with Gasteiger partial charge in [-0.3, -0.25) is 14.2 Å². The Kier molecular flexibility index (Phi) is 5.01. The van der Waals surface area contributed by atoms with E-state index in [1.807, 2.05) is 6.07 Å². The molecule has 0 radical (unpaired) electrons. The summed E-state index contributed by atoms with van der Waals surface area (Å²) >= 11 is 0. The average molecular weight is 437 g/mol. The van der Waals surface area contributed by atoms with Crippen molar-refractivity contribution in [3.63, 3.8) is 0 Å². The van der Waals surface area contributed by atoms with E-state index in [4.69, 9.17) is 9.47 Å². The minimum atomic E-state index is -0.539. The first-order valence-corrected chi connectivity index (χ1v) is 10.3. The lowest BCUT2D eigenvalue weighted by molar-refractivity contribution is -0.127. The summed E-state index contributed by atoms with van der Waals surface area (Å²) in [6.45, 7) is 0.999. The second-order valence-corrected chi connectivity index (χ2v) is 7.80. The minimum Gasteiger partial charge on any atom is -0.454 e. The monoisotopic (exact) mass is 437 g/mol. The van der Waals surface area contributed by atoms with E-state index in [1.165, 1.54) is 18.2 Å². The van der Waals surface area contributed by atoms with E-state index in [9.17, 15) is 18.8 Å². The van der Waals surface area contributed by atoms with Gasteiger partial charge in [0.15, 0.2) is 11.5 Å². The maximum atomic E-state index is 13.6. The molecule has 0 atom stereocenters. The highest BCUT2D eigenvalue weighted by Gasteiger charge is 2.25. The molecule has 164 valence electrons. The molecule has 1 fully saturated rings. The molecule has 0 bridgehead atoms. The molecule has 2 aliphatic heterocycles. The lowest BCUT2D eigenvalue weighted by atomic mass is 10.0. The van der Waals surface area contributed by atoms with Crippen molar-refractivity contribution >= 4 is 22.9 Å². The number of likely N-dealkylation sites (tertiary alicyclic amines) is 1. The van der Waals surface area contributed by atoms with Crippen molar-refractivity contribution in [2.45, 2.75) is 18.9 Å². The number of piperidine rings is 1. The molecule has 1 N–H and O–H groups in total. The number of carbonyl (C=O) groups is 1. The van der Waals surface area contributed by atoms with E-state index in [2.05, 4.69) is 4.98 Å². The third-order valence-electron chi connectivity index (χ3n) is 5.85. The van der Waals surface area contributed by atoms with Crippen LogP contribution in [0.2, 0.25) is 0 Å². The molecule has 1 aromatic heterocycles. The molecular formula is C23H20FN3O5. The van der Waals surface area contributed by atoms with Gasteiger partial charge in [0.05, 0.1) is 10.9 Å². The number of nitrogens with zero attached hydrogens (tertiary/aromatic N) is 2. The Morgan fingerprint density at radius 3 is 2.66 bits per heavy atom. The van der Waals surface area contributed by atoms with Crippen molar-refractivity contribution < 1.29 is 18.7 Å². The van der Waals surface area contributed by atoms with Crippen LogP contribution in [0.4, 0.5) is 4.39 Å². The Morgan fingerprint density at radius 1 is 1.06 bits per heavy atom. The number of ether oxygens (including phenoxy) is 2. The standard InChI is InChI=1S/C23H20FN3O5/c24-15-3-4-18-17(12-15)22(29)27(23(30)25-18)16-7-9-26(10-8-16)21(28)6-2-14-1-5-19-20(11-14)32-13-31-19/h1-6,11-12,16H,7-10,13H2,(H,25,30)/b6-2+. The third kappa shape index (κ3) is 3.66. The fraction of sp³-hybridized carbons (Fsp3) is 0.261. The van der Waals surface area contributed by atoms with Gasteiger partial charge in [-0.05, 0) is 54.8 Å². The van der Waals surface area contributed by atoms with Crippen LogP contribution >= 0.6 is 0 Å². The van der Waals surface area contributed by atoms with E-state index < -0.39 is 17.1 Å². The molecule has 32 heavy (non-hydrogen) atoms. The summed E-state index contributed by atoms with van der Waals surface area (Å²) in [7, 11) is 0. The van der Waals surface area contributed by atoms with Crippen molar-refractivity contribution in [3.8, 4) is 11.5 Å². The largest absolute Gasteiger partial charge is 0.454 e. The first-order chi connectivity index (χ1) is 15.5. The van der Waals surface area contributed by atoms with Crippen LogP contribution in [0.1, 0.15) is 24.4 Å². The van der Waals surface area contributed by atoms with Gasteiger partial charge in [-0.25, -0.2) is 9.18 Å². The zero-order chi connectivity index (χ0) is 22.2. The van der Waals surface area contributed by atoms with Crippen molar-refractivity contribution in [1.29, 1.82) is 0 Å². The van der Waals surface area contributed by atoms with Crippen molar-refractivity contribution in [2.75, 3.05) is 19.9 Å². The second kappa shape index (κ2) is 7.99. The van der Waals surface area contributed by atoms with Gasteiger partial charge in [-0.15, -0.1) is 0 Å². The summed E-state index contributed by atoms with van der Waals surface area (Å²) in [5.74, 6) is 0.634. The Bertz CT molecular complexity index is 1350. The van der Waals surface area contributed by atoms with Crippen LogP contribution in [0.3, 0.4) is 0 Å². The predicted octanol–water partition coefficient (Wildman–Crippen LogP) is 2.43. The van der Waals surface area contributed by atoms with E-state index in [0.29, 0.717) is 42.9 Å². The SMILES string of the molecule is O=C(/C=C/c1ccc2c(c1)OCO2)N1CCC(n2c(=O)[nH]c3ccc(F)cc3c2=O)CC1. The highest BCUT2D eigenvalue weighted by molar-refractivity contribution is 5.92. The Labute approximate surface area is 181 Å². The van der Waals surface area contributed by atoms with Crippen LogP contribution in [0, 0.1) is 5.82 Å². The number of amides is 1. The Balaban J connectivity index is 1.28. The van der Waals surface area contributed by atoms with Crippen LogP contribution in [-0.2, 0) is 4.79 Å². The molecule has 8 nitrogen and oxygen atoms in total. The van der Waals surface area contributed by atoms with Gasteiger partial charge in [0, 0.05) is 25.2 Å². The molecule has 0 unspecified atom stereocenters. The molecule has 9 heteroatoms. The van der Waals surface area contributed by atoms with E-state index >= 15 is 0 Å². The molecule has 1 saturated heterocycles. The molecule has 3 aromatic rings. The maximum absolute atomic E-state index is 13.6. The average Bonchev–Trinajstić information content (AvgIpc) is 3.26. The van der Waals surface area contributed by atoms with Gasteiger partial charge in [-0.2, -0.15) is 0 Å². The number of nitrogens with one attached hydrogen (secondary N) is 1. The number of halogens is 1. The molecule has 1 amide bonds. The molecule has 2 aromatic carbocycles. The normalized spacial score (nSPS) is 16.2. The maximum Gasteiger partial charge on any atom is 0.329 e. The van der Waals surface area contributed by atoms with Crippen LogP contribution in [0.5, 0.6) is 11.5 Å². The van der Waals surface area contributed by atoms with Gasteiger partial charge in [0.2, 0.25) is 12.7 Å². The first-order valence-electron chi connectivity index (χ1n) is 10.3. The zero-order valence-electron chi connectivity index (χ0n) is 17.0. The van der Waals surface area contributed by atoms with Gasteiger partial charge in [-0.1, -0.05) is 6.07 Å². The fourth-order valence-corrected chi connectivity index (χ4v) is 4.17. The lowest BCUT2D eigenvalue weighted by Crippen LogP contribution is -2.44. The summed E-state index contributed by atoms with van der Waals surface area (Å²) in [6, 6.07) is 8.78. The zero-order valence-corrected chi connectivity index (χ0v) is 17.0. The number of hydrogen-bond acceptors (Lipinski definition) is 5. The first kappa shape index (κ1) is 20.0. The molecule has 2 aliphatic rings. The smallest absolute Gasteiger partial charge is 0.329 e. The summed E-state index contributed by atoms with van der Waals surface area (Å²) in [6.07, 6.45) is 4.11. The second-order valence-electron chi connectivity index (χ2n) is 7.80. The van der Waals surface area contributed by atoms with Crippen molar-refractivity contribution in [2.24, 2.45) is 0 Å².